The lowest BCUT2D eigenvalue weighted by atomic mass is 9.68. The predicted molar refractivity (Wildman–Crippen MR) is 82.5 cm³/mol. The number of rotatable bonds is 3. The number of amides is 1. The van der Waals surface area contributed by atoms with Crippen molar-refractivity contribution < 1.29 is 13.9 Å². The summed E-state index contributed by atoms with van der Waals surface area (Å²) < 4.78 is 11.2. The summed E-state index contributed by atoms with van der Waals surface area (Å²) in [6, 6.07) is 0. The summed E-state index contributed by atoms with van der Waals surface area (Å²) in [6.07, 6.45) is 3.75. The van der Waals surface area contributed by atoms with Crippen molar-refractivity contribution >= 4 is 5.91 Å². The maximum absolute atomic E-state index is 12.9. The molecule has 0 N–H and O–H groups in total. The van der Waals surface area contributed by atoms with Crippen LogP contribution < -0.4 is 0 Å². The molecule has 1 aromatic rings. The summed E-state index contributed by atoms with van der Waals surface area (Å²) in [5.74, 6) is 1.94. The Bertz CT molecular complexity index is 567. The minimum absolute atomic E-state index is 0.0998. The second-order valence-electron chi connectivity index (χ2n) is 7.68. The first-order valence-electron chi connectivity index (χ1n) is 8.13. The number of carbonyl (C=O) groups excluding carboxylic acids is 1. The zero-order valence-corrected chi connectivity index (χ0v) is 14.1. The molecule has 3 rings (SSSR count). The molecule has 0 atom stereocenters. The maximum atomic E-state index is 12.9. The van der Waals surface area contributed by atoms with Gasteiger partial charge in [0.2, 0.25) is 5.91 Å². The van der Waals surface area contributed by atoms with E-state index in [2.05, 4.69) is 25.8 Å². The molecule has 1 fully saturated rings. The first kappa shape index (κ1) is 15.5. The maximum Gasteiger partial charge on any atom is 0.231 e. The molecule has 0 spiro atoms. The van der Waals surface area contributed by atoms with Gasteiger partial charge in [-0.15, -0.1) is 0 Å². The lowest BCUT2D eigenvalue weighted by molar-refractivity contribution is -0.153. The molecule has 122 valence electrons. The zero-order chi connectivity index (χ0) is 16.0. The monoisotopic (exact) mass is 306 g/mol. The van der Waals surface area contributed by atoms with Gasteiger partial charge < -0.3 is 14.1 Å². The number of aromatic nitrogens is 1. The molecule has 1 saturated carbocycles. The van der Waals surface area contributed by atoms with Gasteiger partial charge in [0.1, 0.15) is 11.5 Å². The molecular weight excluding hydrogens is 280 g/mol. The topological polar surface area (TPSA) is 55.6 Å². The number of fused-ring (bicyclic) bond motifs is 1. The Kier molecular flexibility index (Phi) is 3.79. The van der Waals surface area contributed by atoms with Crippen molar-refractivity contribution in [3.63, 3.8) is 0 Å². The minimum atomic E-state index is -0.289. The molecule has 5 nitrogen and oxygen atoms in total. The van der Waals surface area contributed by atoms with Gasteiger partial charge in [-0.25, -0.2) is 4.98 Å². The summed E-state index contributed by atoms with van der Waals surface area (Å²) in [6.45, 7) is 8.09. The zero-order valence-electron chi connectivity index (χ0n) is 14.1. The molecule has 1 amide bonds. The number of ether oxygens (including phenoxy) is 1. The first-order chi connectivity index (χ1) is 10.4. The Labute approximate surface area is 132 Å². The van der Waals surface area contributed by atoms with Crippen LogP contribution in [0.1, 0.15) is 57.4 Å². The van der Waals surface area contributed by atoms with E-state index in [1.807, 2.05) is 4.90 Å². The largest absolute Gasteiger partial charge is 0.445 e. The summed E-state index contributed by atoms with van der Waals surface area (Å²) in [5, 5.41) is 0. The minimum Gasteiger partial charge on any atom is -0.445 e. The SMILES string of the molecule is COCC1(C(=O)N2CCc3oc(C(C)(C)C)nc3C2)CCC1. The van der Waals surface area contributed by atoms with Crippen LogP contribution in [-0.2, 0) is 27.9 Å². The van der Waals surface area contributed by atoms with Gasteiger partial charge in [0.05, 0.1) is 18.6 Å². The quantitative estimate of drug-likeness (QED) is 0.861. The molecule has 2 heterocycles. The van der Waals surface area contributed by atoms with Gasteiger partial charge in [0.25, 0.3) is 0 Å². The Morgan fingerprint density at radius 2 is 2.14 bits per heavy atom. The van der Waals surface area contributed by atoms with Gasteiger partial charge >= 0.3 is 0 Å². The second kappa shape index (κ2) is 5.37. The molecule has 1 aliphatic carbocycles. The van der Waals surface area contributed by atoms with E-state index in [1.165, 1.54) is 0 Å². The number of oxazole rings is 1. The molecule has 22 heavy (non-hydrogen) atoms. The van der Waals surface area contributed by atoms with E-state index in [0.717, 1.165) is 49.6 Å². The van der Waals surface area contributed by atoms with E-state index in [4.69, 9.17) is 9.15 Å². The van der Waals surface area contributed by atoms with Crippen molar-refractivity contribution in [1.29, 1.82) is 0 Å². The highest BCUT2D eigenvalue weighted by Crippen LogP contribution is 2.43. The molecular formula is C17H26N2O3. The third-order valence-electron chi connectivity index (χ3n) is 4.84. The molecule has 0 aromatic carbocycles. The van der Waals surface area contributed by atoms with Crippen molar-refractivity contribution in [2.75, 3.05) is 20.3 Å². The first-order valence-corrected chi connectivity index (χ1v) is 8.13. The fraction of sp³-hybridized carbons (Fsp3) is 0.765. The third-order valence-corrected chi connectivity index (χ3v) is 4.84. The fourth-order valence-electron chi connectivity index (χ4n) is 3.33. The number of methoxy groups -OCH3 is 1. The molecule has 5 heteroatoms. The Morgan fingerprint density at radius 1 is 1.41 bits per heavy atom. The highest BCUT2D eigenvalue weighted by Gasteiger charge is 2.47. The highest BCUT2D eigenvalue weighted by atomic mass is 16.5. The van der Waals surface area contributed by atoms with Crippen LogP contribution in [0.25, 0.3) is 0 Å². The predicted octanol–water partition coefficient (Wildman–Crippen LogP) is 2.67. The lowest BCUT2D eigenvalue weighted by Gasteiger charge is -2.43. The molecule has 0 unspecified atom stereocenters. The van der Waals surface area contributed by atoms with E-state index in [-0.39, 0.29) is 16.7 Å². The number of carbonyl (C=O) groups is 1. The van der Waals surface area contributed by atoms with E-state index in [9.17, 15) is 4.79 Å². The molecule has 1 aliphatic heterocycles. The van der Waals surface area contributed by atoms with Gasteiger partial charge in [-0.3, -0.25) is 4.79 Å². The Hall–Kier alpha value is -1.36. The number of hydrogen-bond acceptors (Lipinski definition) is 4. The summed E-state index contributed by atoms with van der Waals surface area (Å²) in [5.41, 5.74) is 0.539. The molecule has 1 aromatic heterocycles. The standard InChI is InChI=1S/C17H26N2O3/c1-16(2,3)14-18-12-10-19(9-6-13(12)22-14)15(20)17(11-21-4)7-5-8-17/h5-11H2,1-4H3. The lowest BCUT2D eigenvalue weighted by Crippen LogP contribution is -2.51. The summed E-state index contributed by atoms with van der Waals surface area (Å²) in [7, 11) is 1.68. The van der Waals surface area contributed by atoms with Crippen LogP contribution in [0.5, 0.6) is 0 Å². The van der Waals surface area contributed by atoms with Gasteiger partial charge in [-0.05, 0) is 12.8 Å². The summed E-state index contributed by atoms with van der Waals surface area (Å²) in [4.78, 5) is 19.5. The average molecular weight is 306 g/mol. The average Bonchev–Trinajstić information content (AvgIpc) is 2.85. The number of hydrogen-bond donors (Lipinski definition) is 0. The van der Waals surface area contributed by atoms with Gasteiger partial charge in [-0.2, -0.15) is 0 Å². The normalized spacial score (nSPS) is 20.5. The van der Waals surface area contributed by atoms with Crippen LogP contribution >= 0.6 is 0 Å². The molecule has 0 bridgehead atoms. The fourth-order valence-corrected chi connectivity index (χ4v) is 3.33. The summed E-state index contributed by atoms with van der Waals surface area (Å²) >= 11 is 0. The van der Waals surface area contributed by atoms with Gasteiger partial charge in [-0.1, -0.05) is 27.2 Å². The van der Waals surface area contributed by atoms with Crippen LogP contribution in [-0.4, -0.2) is 36.1 Å². The third kappa shape index (κ3) is 2.56. The molecule has 0 saturated heterocycles. The van der Waals surface area contributed by atoms with Crippen molar-refractivity contribution in [1.82, 2.24) is 9.88 Å². The highest BCUT2D eigenvalue weighted by molar-refractivity contribution is 5.84. The van der Waals surface area contributed by atoms with Crippen LogP contribution in [0, 0.1) is 5.41 Å². The van der Waals surface area contributed by atoms with E-state index >= 15 is 0 Å². The van der Waals surface area contributed by atoms with Crippen molar-refractivity contribution in [2.24, 2.45) is 5.41 Å². The van der Waals surface area contributed by atoms with E-state index in [1.54, 1.807) is 7.11 Å². The molecule has 0 radical (unpaired) electrons. The smallest absolute Gasteiger partial charge is 0.231 e. The van der Waals surface area contributed by atoms with Crippen molar-refractivity contribution in [2.45, 2.75) is 58.4 Å². The van der Waals surface area contributed by atoms with Crippen LogP contribution in [0.4, 0.5) is 0 Å². The Morgan fingerprint density at radius 3 is 2.68 bits per heavy atom. The number of nitrogens with zero attached hydrogens (tertiary/aromatic N) is 2. The van der Waals surface area contributed by atoms with Crippen molar-refractivity contribution in [3.8, 4) is 0 Å². The second-order valence-corrected chi connectivity index (χ2v) is 7.68. The van der Waals surface area contributed by atoms with E-state index < -0.39 is 0 Å². The van der Waals surface area contributed by atoms with Crippen LogP contribution in [0.3, 0.4) is 0 Å². The van der Waals surface area contributed by atoms with Crippen LogP contribution in [0.15, 0.2) is 4.42 Å². The Balaban J connectivity index is 1.76. The van der Waals surface area contributed by atoms with E-state index in [0.29, 0.717) is 13.2 Å². The van der Waals surface area contributed by atoms with Crippen molar-refractivity contribution in [3.05, 3.63) is 17.3 Å². The van der Waals surface area contributed by atoms with Gasteiger partial charge in [0.15, 0.2) is 5.89 Å². The van der Waals surface area contributed by atoms with Crippen LogP contribution in [0.2, 0.25) is 0 Å². The molecule has 2 aliphatic rings. The van der Waals surface area contributed by atoms with Gasteiger partial charge in [0, 0.05) is 25.5 Å².